The summed E-state index contributed by atoms with van der Waals surface area (Å²) in [6.45, 7) is 21.1. The van der Waals surface area contributed by atoms with Gasteiger partial charge in [-0.05, 0) is 68.4 Å². The first kappa shape index (κ1) is 41.5. The van der Waals surface area contributed by atoms with Crippen LogP contribution in [-0.2, 0) is 31.9 Å². The normalized spacial score (nSPS) is 13.5. The number of aromatic nitrogens is 2. The minimum atomic E-state index is -2.38. The van der Waals surface area contributed by atoms with E-state index in [1.165, 1.54) is 75.6 Å². The smallest absolute Gasteiger partial charge is 0.193 e. The van der Waals surface area contributed by atoms with Gasteiger partial charge in [0.2, 0.25) is 0 Å². The summed E-state index contributed by atoms with van der Waals surface area (Å²) in [6.07, 6.45) is 0. The van der Waals surface area contributed by atoms with E-state index < -0.39 is 8.07 Å². The van der Waals surface area contributed by atoms with Crippen molar-refractivity contribution in [1.29, 1.82) is 0 Å². The largest absolute Gasteiger partial charge is 0.493 e. The van der Waals surface area contributed by atoms with Crippen molar-refractivity contribution in [3.05, 3.63) is 176 Å². The minimum absolute atomic E-state index is 0. The molecule has 63 heavy (non-hydrogen) atoms. The van der Waals surface area contributed by atoms with E-state index in [4.69, 9.17) is 4.98 Å². The molecule has 0 spiro atoms. The summed E-state index contributed by atoms with van der Waals surface area (Å²) in [5, 5.41) is 10.8. The van der Waals surface area contributed by atoms with Crippen LogP contribution in [0.5, 0.6) is 0 Å². The second-order valence-corrected chi connectivity index (χ2v) is 24.8. The maximum Gasteiger partial charge on any atom is 0.193 e. The Kier molecular flexibility index (Phi) is 9.91. The third kappa shape index (κ3) is 6.76. The zero-order valence-corrected chi connectivity index (χ0v) is 41.0. The van der Waals surface area contributed by atoms with E-state index in [0.29, 0.717) is 0 Å². The van der Waals surface area contributed by atoms with Crippen LogP contribution in [-0.4, -0.2) is 17.6 Å². The Morgan fingerprint density at radius 2 is 1.13 bits per heavy atom. The van der Waals surface area contributed by atoms with Gasteiger partial charge in [0.15, 0.2) is 5.13 Å². The fourth-order valence-corrected chi connectivity index (χ4v) is 12.5. The Morgan fingerprint density at radius 3 is 1.78 bits per heavy atom. The molecule has 316 valence electrons. The summed E-state index contributed by atoms with van der Waals surface area (Å²) < 4.78 is 3.51. The quantitative estimate of drug-likeness (QED) is 0.0975. The van der Waals surface area contributed by atoms with Crippen molar-refractivity contribution in [2.45, 2.75) is 65.5 Å². The predicted octanol–water partition coefficient (Wildman–Crippen LogP) is 14.1. The number of hydrogen-bond acceptors (Lipinski definition) is 4. The molecule has 7 heteroatoms. The second-order valence-electron chi connectivity index (χ2n) is 19.4. The first-order valence-electron chi connectivity index (χ1n) is 21.6. The van der Waals surface area contributed by atoms with E-state index in [0.717, 1.165) is 27.4 Å². The van der Waals surface area contributed by atoms with Crippen LogP contribution >= 0.6 is 11.3 Å². The number of hydrogen-bond donors (Lipinski definition) is 0. The topological polar surface area (TPSA) is 24.3 Å². The molecule has 0 bridgehead atoms. The van der Waals surface area contributed by atoms with Crippen LogP contribution in [0.15, 0.2) is 146 Å². The van der Waals surface area contributed by atoms with Crippen LogP contribution in [0.25, 0.3) is 58.7 Å². The molecule has 2 aromatic heterocycles. The van der Waals surface area contributed by atoms with Gasteiger partial charge in [0.25, 0.3) is 0 Å². The van der Waals surface area contributed by atoms with Crippen molar-refractivity contribution < 1.29 is 21.1 Å². The van der Waals surface area contributed by atoms with Gasteiger partial charge >= 0.3 is 0 Å². The summed E-state index contributed by atoms with van der Waals surface area (Å²) in [5.41, 5.74) is 10.4. The molecule has 0 unspecified atom stereocenters. The molecule has 0 aliphatic carbocycles. The molecule has 11 rings (SSSR count). The Bertz CT molecular complexity index is 3360. The molecule has 0 amide bonds. The van der Waals surface area contributed by atoms with E-state index in [2.05, 4.69) is 233 Å². The standard InChI is InChI=1S/C56H49N4SSi.Pt/c1-55(2,3)36-30-37(56(4,5)6)32-39(31-36)59-35-58(52-46-23-11-9-20-42(46)43-21-10-12-24-47(43)53(52)59)38-18-17-19-40(33-38)62(7,8)41-28-29-45-44-22-13-15-26-49(44)60(50(45)34-41)54-57-48-25-14-16-27-51(48)61-54;/h9-32,35H,1-8H3;/q-3;. The number of anilines is 4. The molecular formula is C56H49N4PtSSi-3. The Labute approximate surface area is 390 Å². The molecule has 0 radical (unpaired) electrons. The number of nitrogens with zero attached hydrogens (tertiary/aromatic N) is 4. The monoisotopic (exact) mass is 1030 g/mol. The maximum absolute atomic E-state index is 5.13. The van der Waals surface area contributed by atoms with Gasteiger partial charge in [-0.25, -0.2) is 4.98 Å². The number of benzene rings is 8. The van der Waals surface area contributed by atoms with Gasteiger partial charge in [-0.1, -0.05) is 156 Å². The van der Waals surface area contributed by atoms with Gasteiger partial charge in [-0.3, -0.25) is 0 Å². The van der Waals surface area contributed by atoms with Crippen molar-refractivity contribution >= 4 is 106 Å². The molecule has 0 atom stereocenters. The molecule has 4 nitrogen and oxygen atoms in total. The third-order valence-corrected chi connectivity index (χ3v) is 17.3. The Hall–Kier alpha value is -5.52. The molecule has 10 aromatic rings. The zero-order chi connectivity index (χ0) is 42.7. The van der Waals surface area contributed by atoms with Gasteiger partial charge in [0.05, 0.1) is 18.3 Å². The molecule has 0 N–H and O–H groups in total. The van der Waals surface area contributed by atoms with E-state index in [1.54, 1.807) is 11.3 Å². The SMILES string of the molecule is CC(C)(C)c1cc(N2[CH-]N(c3[c-]c([Si](C)(C)c4[c-]c5c(cc4)c4ccccc4n5-c4nc5ccccc5s4)ccc3)c3c2c2ccccc2c2ccccc32)cc(C(C)(C)C)c1.[Pt]. The van der Waals surface area contributed by atoms with Crippen molar-refractivity contribution in [2.75, 3.05) is 9.80 Å². The van der Waals surface area contributed by atoms with E-state index in [1.807, 2.05) is 0 Å². The van der Waals surface area contributed by atoms with Crippen LogP contribution in [0.1, 0.15) is 52.7 Å². The Balaban J connectivity index is 0.00000471. The average molecular weight is 1030 g/mol. The van der Waals surface area contributed by atoms with Gasteiger partial charge in [0.1, 0.15) is 0 Å². The van der Waals surface area contributed by atoms with Crippen molar-refractivity contribution in [3.8, 4) is 5.13 Å². The number of thiazole rings is 1. The van der Waals surface area contributed by atoms with E-state index >= 15 is 0 Å². The molecule has 0 fully saturated rings. The van der Waals surface area contributed by atoms with Crippen LogP contribution in [0, 0.1) is 18.8 Å². The zero-order valence-electron chi connectivity index (χ0n) is 36.9. The molecular weight excluding hydrogens is 984 g/mol. The van der Waals surface area contributed by atoms with Gasteiger partial charge in [0, 0.05) is 54.4 Å². The second kappa shape index (κ2) is 15.0. The summed E-state index contributed by atoms with van der Waals surface area (Å²) in [5.74, 6) is 0. The van der Waals surface area contributed by atoms with E-state index in [9.17, 15) is 0 Å². The molecule has 1 aliphatic heterocycles. The first-order chi connectivity index (χ1) is 29.8. The van der Waals surface area contributed by atoms with Crippen LogP contribution < -0.4 is 20.2 Å². The Morgan fingerprint density at radius 1 is 0.556 bits per heavy atom. The predicted molar refractivity (Wildman–Crippen MR) is 269 cm³/mol. The van der Waals surface area contributed by atoms with E-state index in [-0.39, 0.29) is 31.9 Å². The summed E-state index contributed by atoms with van der Waals surface area (Å²) in [7, 11) is -2.38. The molecule has 0 saturated heterocycles. The average Bonchev–Trinajstić information content (AvgIpc) is 3.98. The molecule has 3 heterocycles. The van der Waals surface area contributed by atoms with Crippen molar-refractivity contribution in [3.63, 3.8) is 0 Å². The molecule has 8 aromatic carbocycles. The van der Waals surface area contributed by atoms with Crippen LogP contribution in [0.2, 0.25) is 13.1 Å². The van der Waals surface area contributed by atoms with Gasteiger partial charge < -0.3 is 14.4 Å². The summed E-state index contributed by atoms with van der Waals surface area (Å²) in [6, 6.07) is 61.5. The third-order valence-electron chi connectivity index (χ3n) is 13.0. The van der Waals surface area contributed by atoms with Crippen LogP contribution in [0.4, 0.5) is 22.7 Å². The molecule has 0 saturated carbocycles. The number of rotatable bonds is 5. The first-order valence-corrected chi connectivity index (χ1v) is 25.4. The number of para-hydroxylation sites is 2. The minimum Gasteiger partial charge on any atom is -0.493 e. The fourth-order valence-electron chi connectivity index (χ4n) is 9.34. The number of fused-ring (bicyclic) bond motifs is 10. The summed E-state index contributed by atoms with van der Waals surface area (Å²) >= 11 is 1.73. The van der Waals surface area contributed by atoms with Crippen LogP contribution in [0.3, 0.4) is 0 Å². The van der Waals surface area contributed by atoms with Gasteiger partial charge in [-0.2, -0.15) is 52.8 Å². The summed E-state index contributed by atoms with van der Waals surface area (Å²) in [4.78, 5) is 9.98. The van der Waals surface area contributed by atoms with Crippen molar-refractivity contribution in [1.82, 2.24) is 9.55 Å². The van der Waals surface area contributed by atoms with Gasteiger partial charge in [-0.15, -0.1) is 17.7 Å². The molecule has 1 aliphatic rings. The maximum atomic E-state index is 5.13. The van der Waals surface area contributed by atoms with Crippen molar-refractivity contribution in [2.24, 2.45) is 0 Å². The fraction of sp³-hybridized carbons (Fsp3) is 0.179.